The number of Topliss-reactive ketones (excluding diaryl/α,β-unsaturated/α-hetero) is 2. The maximum atomic E-state index is 13.2. The molecule has 39 heavy (non-hydrogen) atoms. The van der Waals surface area contributed by atoms with Crippen molar-refractivity contribution >= 4 is 57.9 Å². The minimum absolute atomic E-state index is 0.129. The fraction of sp³-hybridized carbons (Fsp3) is 0.176. The van der Waals surface area contributed by atoms with Crippen LogP contribution in [-0.4, -0.2) is 11.6 Å². The lowest BCUT2D eigenvalue weighted by atomic mass is 9.66. The van der Waals surface area contributed by atoms with Crippen molar-refractivity contribution in [2.45, 2.75) is 38.5 Å². The van der Waals surface area contributed by atoms with Gasteiger partial charge in [-0.1, -0.05) is 93.4 Å². The van der Waals surface area contributed by atoms with Gasteiger partial charge in [0.05, 0.1) is 32.7 Å². The normalized spacial score (nSPS) is 17.4. The van der Waals surface area contributed by atoms with Crippen LogP contribution in [0.5, 0.6) is 0 Å². The first kappa shape index (κ1) is 24.4. The number of anilines is 3. The van der Waals surface area contributed by atoms with Crippen molar-refractivity contribution in [3.63, 3.8) is 0 Å². The minimum Gasteiger partial charge on any atom is -0.309 e. The van der Waals surface area contributed by atoms with Crippen LogP contribution in [0, 0.1) is 0 Å². The van der Waals surface area contributed by atoms with E-state index in [0.717, 1.165) is 16.8 Å². The lowest BCUT2D eigenvalue weighted by Crippen LogP contribution is -2.38. The van der Waals surface area contributed by atoms with Crippen LogP contribution in [0.25, 0.3) is 6.08 Å². The number of nitrogens with zero attached hydrogens (tertiary/aromatic N) is 1. The topological polar surface area (TPSA) is 37.4 Å². The third kappa shape index (κ3) is 3.18. The molecule has 0 radical (unpaired) electrons. The van der Waals surface area contributed by atoms with E-state index >= 15 is 0 Å². The first-order valence-corrected chi connectivity index (χ1v) is 13.8. The molecule has 0 fully saturated rings. The summed E-state index contributed by atoms with van der Waals surface area (Å²) in [6.45, 7) is 9.08. The third-order valence-electron chi connectivity index (χ3n) is 8.71. The van der Waals surface area contributed by atoms with Gasteiger partial charge < -0.3 is 4.90 Å². The molecular weight excluding hydrogens is 525 g/mol. The molecule has 0 saturated heterocycles. The summed E-state index contributed by atoms with van der Waals surface area (Å²) in [5.74, 6) is -0.652. The van der Waals surface area contributed by atoms with E-state index in [0.29, 0.717) is 11.1 Å². The standard InChI is InChI=1S/C34H25Cl2NO2/c1-33(2)22-8-5-6-11-28(22)37-29-13-12-18(15-25(29)34(3,4)24-10-7-9-23(33)30(24)37)14-21-31(38)19-16-26(35)27(36)17-20(19)32(21)39/h5-17H,1-4H3. The van der Waals surface area contributed by atoms with E-state index in [9.17, 15) is 9.59 Å². The molecule has 0 amide bonds. The van der Waals surface area contributed by atoms with Crippen LogP contribution >= 0.6 is 23.2 Å². The third-order valence-corrected chi connectivity index (χ3v) is 9.43. The number of rotatable bonds is 1. The largest absolute Gasteiger partial charge is 0.309 e. The maximum absolute atomic E-state index is 13.2. The van der Waals surface area contributed by atoms with Crippen LogP contribution in [-0.2, 0) is 10.8 Å². The smallest absolute Gasteiger partial charge is 0.197 e. The monoisotopic (exact) mass is 549 g/mol. The van der Waals surface area contributed by atoms with Gasteiger partial charge in [-0.3, -0.25) is 9.59 Å². The number of hydrogen-bond donors (Lipinski definition) is 0. The number of halogens is 2. The number of carbonyl (C=O) groups excluding carboxylic acids is 2. The molecule has 7 rings (SSSR count). The predicted octanol–water partition coefficient (Wildman–Crippen LogP) is 9.20. The SMILES string of the molecule is CC1(C)c2ccccc2N2c3ccc(C=C4C(=O)c5cc(Cl)c(Cl)cc5C4=O)cc3C(C)(C)c3cccc1c32. The predicted molar refractivity (Wildman–Crippen MR) is 158 cm³/mol. The van der Waals surface area contributed by atoms with Crippen molar-refractivity contribution in [1.82, 2.24) is 0 Å². The van der Waals surface area contributed by atoms with Crippen LogP contribution in [0.4, 0.5) is 17.1 Å². The number of allylic oxidation sites excluding steroid dienone is 1. The fourth-order valence-electron chi connectivity index (χ4n) is 6.60. The highest BCUT2D eigenvalue weighted by atomic mass is 35.5. The second-order valence-corrected chi connectivity index (χ2v) is 12.4. The van der Waals surface area contributed by atoms with E-state index < -0.39 is 0 Å². The first-order valence-electron chi connectivity index (χ1n) is 13.0. The van der Waals surface area contributed by atoms with Crippen molar-refractivity contribution < 1.29 is 9.59 Å². The molecule has 0 N–H and O–H groups in total. The van der Waals surface area contributed by atoms with Gasteiger partial charge in [0.1, 0.15) is 0 Å². The van der Waals surface area contributed by atoms with Gasteiger partial charge in [-0.2, -0.15) is 0 Å². The Labute approximate surface area is 237 Å². The number of hydrogen-bond acceptors (Lipinski definition) is 3. The quantitative estimate of drug-likeness (QED) is 0.175. The van der Waals surface area contributed by atoms with Gasteiger partial charge in [0.15, 0.2) is 11.6 Å². The zero-order valence-corrected chi connectivity index (χ0v) is 23.5. The average molecular weight is 550 g/mol. The van der Waals surface area contributed by atoms with Crippen molar-refractivity contribution in [2.75, 3.05) is 4.90 Å². The summed E-state index contributed by atoms with van der Waals surface area (Å²) in [6.07, 6.45) is 1.70. The van der Waals surface area contributed by atoms with E-state index in [1.54, 1.807) is 6.08 Å². The van der Waals surface area contributed by atoms with Crippen LogP contribution in [0.15, 0.2) is 78.4 Å². The van der Waals surface area contributed by atoms with E-state index in [1.165, 1.54) is 40.2 Å². The molecule has 0 saturated carbocycles. The van der Waals surface area contributed by atoms with Crippen LogP contribution in [0.1, 0.15) is 76.2 Å². The van der Waals surface area contributed by atoms with Gasteiger partial charge in [0.2, 0.25) is 0 Å². The molecule has 0 atom stereocenters. The summed E-state index contributed by atoms with van der Waals surface area (Å²) in [6, 6.07) is 24.4. The Morgan fingerprint density at radius 1 is 0.641 bits per heavy atom. The number of ketones is 2. The van der Waals surface area contributed by atoms with E-state index in [1.807, 2.05) is 6.07 Å². The Kier molecular flexibility index (Phi) is 4.96. The highest BCUT2D eigenvalue weighted by Gasteiger charge is 2.45. The Bertz CT molecular complexity index is 1790. The fourth-order valence-corrected chi connectivity index (χ4v) is 6.93. The highest BCUT2D eigenvalue weighted by Crippen LogP contribution is 2.59. The average Bonchev–Trinajstić information content (AvgIpc) is 3.13. The zero-order valence-electron chi connectivity index (χ0n) is 22.0. The molecule has 2 heterocycles. The molecule has 4 aromatic rings. The van der Waals surface area contributed by atoms with Gasteiger partial charge in [0, 0.05) is 22.0 Å². The summed E-state index contributed by atoms with van der Waals surface area (Å²) in [4.78, 5) is 28.8. The summed E-state index contributed by atoms with van der Waals surface area (Å²) in [7, 11) is 0. The van der Waals surface area contributed by atoms with E-state index in [-0.39, 0.29) is 38.0 Å². The Morgan fingerprint density at radius 2 is 1.18 bits per heavy atom. The number of para-hydroxylation sites is 2. The lowest BCUT2D eigenvalue weighted by Gasteiger charge is -2.49. The molecule has 192 valence electrons. The number of carbonyl (C=O) groups is 2. The first-order chi connectivity index (χ1) is 18.5. The minimum atomic E-state index is -0.326. The Balaban J connectivity index is 1.42. The van der Waals surface area contributed by atoms with Gasteiger partial charge in [-0.25, -0.2) is 0 Å². The van der Waals surface area contributed by atoms with Crippen molar-refractivity contribution in [3.8, 4) is 0 Å². The van der Waals surface area contributed by atoms with Crippen molar-refractivity contribution in [2.24, 2.45) is 0 Å². The molecular formula is C34H25Cl2NO2. The number of benzene rings is 4. The molecule has 0 unspecified atom stereocenters. The van der Waals surface area contributed by atoms with Gasteiger partial charge in [-0.05, 0) is 64.2 Å². The molecule has 0 spiro atoms. The van der Waals surface area contributed by atoms with E-state index in [2.05, 4.69) is 87.2 Å². The van der Waals surface area contributed by atoms with Gasteiger partial charge in [-0.15, -0.1) is 0 Å². The van der Waals surface area contributed by atoms with Crippen molar-refractivity contribution in [1.29, 1.82) is 0 Å². The maximum Gasteiger partial charge on any atom is 0.197 e. The summed E-state index contributed by atoms with van der Waals surface area (Å²) < 4.78 is 0. The molecule has 2 aliphatic heterocycles. The molecule has 3 aliphatic rings. The number of fused-ring (bicyclic) bond motifs is 5. The summed E-state index contributed by atoms with van der Waals surface area (Å²) >= 11 is 12.3. The summed E-state index contributed by atoms with van der Waals surface area (Å²) in [5, 5.41) is 0.521. The Hall–Kier alpha value is -3.66. The molecule has 0 aromatic heterocycles. The lowest BCUT2D eigenvalue weighted by molar-refractivity contribution is 0.0990. The summed E-state index contributed by atoms with van der Waals surface area (Å²) in [5.41, 5.74) is 9.59. The second kappa shape index (κ2) is 7.94. The van der Waals surface area contributed by atoms with Crippen LogP contribution < -0.4 is 4.90 Å². The second-order valence-electron chi connectivity index (χ2n) is 11.6. The van der Waals surface area contributed by atoms with Crippen LogP contribution in [0.2, 0.25) is 10.0 Å². The molecule has 1 aliphatic carbocycles. The molecule has 5 heteroatoms. The van der Waals surface area contributed by atoms with Gasteiger partial charge in [0.25, 0.3) is 0 Å². The molecule has 3 nitrogen and oxygen atoms in total. The van der Waals surface area contributed by atoms with Crippen molar-refractivity contribution in [3.05, 3.63) is 127 Å². The highest BCUT2D eigenvalue weighted by molar-refractivity contribution is 6.46. The molecule has 4 aromatic carbocycles. The van der Waals surface area contributed by atoms with Crippen LogP contribution in [0.3, 0.4) is 0 Å². The molecule has 0 bridgehead atoms. The van der Waals surface area contributed by atoms with E-state index in [4.69, 9.17) is 23.2 Å². The van der Waals surface area contributed by atoms with Gasteiger partial charge >= 0.3 is 0 Å². The Morgan fingerprint density at radius 3 is 1.82 bits per heavy atom. The zero-order chi connectivity index (χ0) is 27.4.